The highest BCUT2D eigenvalue weighted by Crippen LogP contribution is 2.20. The minimum absolute atomic E-state index is 0.150. The molecule has 4 heteroatoms. The molecular weight excluding hydrogens is 248 g/mol. The molecule has 0 saturated carbocycles. The zero-order valence-electron chi connectivity index (χ0n) is 11.8. The van der Waals surface area contributed by atoms with Gasteiger partial charge in [-0.3, -0.25) is 0 Å². The summed E-state index contributed by atoms with van der Waals surface area (Å²) in [6.45, 7) is 6.45. The van der Waals surface area contributed by atoms with Crippen molar-refractivity contribution in [3.8, 4) is 0 Å². The van der Waals surface area contributed by atoms with E-state index in [1.807, 2.05) is 6.92 Å². The van der Waals surface area contributed by atoms with Crippen LogP contribution < -0.4 is 5.32 Å². The van der Waals surface area contributed by atoms with Crippen molar-refractivity contribution in [3.05, 3.63) is 35.4 Å². The normalized spacial score (nSPS) is 14.7. The largest absolute Gasteiger partial charge is 0.387 e. The molecule has 0 heterocycles. The highest BCUT2D eigenvalue weighted by molar-refractivity contribution is 5.22. The monoisotopic (exact) mass is 271 g/mol. The lowest BCUT2D eigenvalue weighted by Gasteiger charge is -2.18. The van der Waals surface area contributed by atoms with Crippen LogP contribution in [0.5, 0.6) is 0 Å². The SMILES string of the molecule is CC(C)CCC(C)NCC(O)c1c(F)cccc1F. The van der Waals surface area contributed by atoms with Crippen LogP contribution >= 0.6 is 0 Å². The van der Waals surface area contributed by atoms with Crippen LogP contribution in [0.3, 0.4) is 0 Å². The zero-order valence-corrected chi connectivity index (χ0v) is 11.8. The van der Waals surface area contributed by atoms with Gasteiger partial charge in [0.25, 0.3) is 0 Å². The van der Waals surface area contributed by atoms with Crippen LogP contribution in [0, 0.1) is 17.6 Å². The van der Waals surface area contributed by atoms with Crippen molar-refractivity contribution in [2.24, 2.45) is 5.92 Å². The Kier molecular flexibility index (Phi) is 6.38. The predicted molar refractivity (Wildman–Crippen MR) is 72.9 cm³/mol. The van der Waals surface area contributed by atoms with Crippen molar-refractivity contribution in [2.45, 2.75) is 45.8 Å². The van der Waals surface area contributed by atoms with Gasteiger partial charge in [0, 0.05) is 12.6 Å². The van der Waals surface area contributed by atoms with Gasteiger partial charge in [-0.2, -0.15) is 0 Å². The molecule has 0 aliphatic rings. The summed E-state index contributed by atoms with van der Waals surface area (Å²) in [4.78, 5) is 0. The first-order chi connectivity index (χ1) is 8.91. The van der Waals surface area contributed by atoms with E-state index < -0.39 is 17.7 Å². The van der Waals surface area contributed by atoms with Gasteiger partial charge in [0.05, 0.1) is 11.7 Å². The van der Waals surface area contributed by atoms with Gasteiger partial charge in [-0.25, -0.2) is 8.78 Å². The van der Waals surface area contributed by atoms with Crippen molar-refractivity contribution in [3.63, 3.8) is 0 Å². The van der Waals surface area contributed by atoms with Gasteiger partial charge in [-0.05, 0) is 37.8 Å². The molecule has 1 aromatic carbocycles. The van der Waals surface area contributed by atoms with Gasteiger partial charge in [0.15, 0.2) is 0 Å². The molecule has 0 saturated heterocycles. The van der Waals surface area contributed by atoms with Crippen LogP contribution in [0.25, 0.3) is 0 Å². The van der Waals surface area contributed by atoms with E-state index in [9.17, 15) is 13.9 Å². The quantitative estimate of drug-likeness (QED) is 0.796. The molecule has 0 bridgehead atoms. The third-order valence-corrected chi connectivity index (χ3v) is 3.17. The van der Waals surface area contributed by atoms with Gasteiger partial charge in [-0.1, -0.05) is 19.9 Å². The van der Waals surface area contributed by atoms with Crippen LogP contribution in [0.1, 0.15) is 45.3 Å². The van der Waals surface area contributed by atoms with Gasteiger partial charge >= 0.3 is 0 Å². The molecule has 19 heavy (non-hydrogen) atoms. The van der Waals surface area contributed by atoms with E-state index in [-0.39, 0.29) is 18.2 Å². The number of hydrogen-bond donors (Lipinski definition) is 2. The maximum absolute atomic E-state index is 13.5. The lowest BCUT2D eigenvalue weighted by molar-refractivity contribution is 0.160. The van der Waals surface area contributed by atoms with Crippen LogP contribution in [0.4, 0.5) is 8.78 Å². The van der Waals surface area contributed by atoms with Gasteiger partial charge < -0.3 is 10.4 Å². The summed E-state index contributed by atoms with van der Waals surface area (Å²) >= 11 is 0. The first-order valence-corrected chi connectivity index (χ1v) is 6.77. The Labute approximate surface area is 113 Å². The Bertz CT molecular complexity index is 375. The average molecular weight is 271 g/mol. The smallest absolute Gasteiger partial charge is 0.131 e. The predicted octanol–water partition coefficient (Wildman–Crippen LogP) is 3.41. The van der Waals surface area contributed by atoms with E-state index in [0.717, 1.165) is 25.0 Å². The number of aliphatic hydroxyl groups excluding tert-OH is 1. The molecule has 0 fully saturated rings. The summed E-state index contributed by atoms with van der Waals surface area (Å²) in [5.41, 5.74) is -0.258. The topological polar surface area (TPSA) is 32.3 Å². The standard InChI is InChI=1S/C15H23F2NO/c1-10(2)7-8-11(3)18-9-14(19)15-12(16)5-4-6-13(15)17/h4-6,10-11,14,18-19H,7-9H2,1-3H3. The second-order valence-corrected chi connectivity index (χ2v) is 5.43. The number of benzene rings is 1. The summed E-state index contributed by atoms with van der Waals surface area (Å²) in [5.74, 6) is -0.786. The van der Waals surface area contributed by atoms with Crippen LogP contribution in [-0.2, 0) is 0 Å². The third kappa shape index (κ3) is 5.25. The summed E-state index contributed by atoms with van der Waals surface area (Å²) in [5, 5.41) is 13.0. The highest BCUT2D eigenvalue weighted by Gasteiger charge is 2.18. The van der Waals surface area contributed by atoms with Gasteiger partial charge in [-0.15, -0.1) is 0 Å². The molecule has 2 nitrogen and oxygen atoms in total. The fourth-order valence-electron chi connectivity index (χ4n) is 1.93. The molecule has 2 atom stereocenters. The Morgan fingerprint density at radius 2 is 1.68 bits per heavy atom. The van der Waals surface area contributed by atoms with Crippen molar-refractivity contribution in [1.82, 2.24) is 5.32 Å². The number of nitrogens with one attached hydrogen (secondary N) is 1. The van der Waals surface area contributed by atoms with Gasteiger partial charge in [0.1, 0.15) is 11.6 Å². The van der Waals surface area contributed by atoms with Crippen molar-refractivity contribution in [1.29, 1.82) is 0 Å². The first kappa shape index (κ1) is 16.1. The number of rotatable bonds is 7. The second-order valence-electron chi connectivity index (χ2n) is 5.43. The third-order valence-electron chi connectivity index (χ3n) is 3.17. The van der Waals surface area contributed by atoms with E-state index in [0.29, 0.717) is 5.92 Å². The Morgan fingerprint density at radius 3 is 2.21 bits per heavy atom. The van der Waals surface area contributed by atoms with E-state index in [1.165, 1.54) is 6.07 Å². The van der Waals surface area contributed by atoms with Crippen LogP contribution in [-0.4, -0.2) is 17.7 Å². The lowest BCUT2D eigenvalue weighted by atomic mass is 10.0. The summed E-state index contributed by atoms with van der Waals surface area (Å²) in [6, 6.07) is 3.82. The zero-order chi connectivity index (χ0) is 14.4. The maximum Gasteiger partial charge on any atom is 0.131 e. The molecule has 0 amide bonds. The van der Waals surface area contributed by atoms with Crippen LogP contribution in [0.2, 0.25) is 0 Å². The first-order valence-electron chi connectivity index (χ1n) is 6.77. The molecular formula is C15H23F2NO. The second kappa shape index (κ2) is 7.56. The Hall–Kier alpha value is -1.00. The highest BCUT2D eigenvalue weighted by atomic mass is 19.1. The molecule has 0 aliphatic heterocycles. The van der Waals surface area contributed by atoms with Crippen molar-refractivity contribution in [2.75, 3.05) is 6.54 Å². The van der Waals surface area contributed by atoms with E-state index >= 15 is 0 Å². The molecule has 1 aromatic rings. The fourth-order valence-corrected chi connectivity index (χ4v) is 1.93. The molecule has 0 spiro atoms. The van der Waals surface area contributed by atoms with E-state index in [1.54, 1.807) is 0 Å². The lowest BCUT2D eigenvalue weighted by Crippen LogP contribution is -2.31. The summed E-state index contributed by atoms with van der Waals surface area (Å²) in [6.07, 6.45) is 0.894. The molecule has 0 aromatic heterocycles. The minimum Gasteiger partial charge on any atom is -0.387 e. The van der Waals surface area contributed by atoms with Gasteiger partial charge in [0.2, 0.25) is 0 Å². The molecule has 1 rings (SSSR count). The number of halogens is 2. The van der Waals surface area contributed by atoms with Crippen molar-refractivity contribution >= 4 is 0 Å². The fraction of sp³-hybridized carbons (Fsp3) is 0.600. The van der Waals surface area contributed by atoms with E-state index in [2.05, 4.69) is 19.2 Å². The Balaban J connectivity index is 2.49. The summed E-state index contributed by atoms with van der Waals surface area (Å²) < 4.78 is 26.9. The molecule has 0 radical (unpaired) electrons. The van der Waals surface area contributed by atoms with Crippen molar-refractivity contribution < 1.29 is 13.9 Å². The number of hydrogen-bond acceptors (Lipinski definition) is 2. The van der Waals surface area contributed by atoms with Crippen LogP contribution in [0.15, 0.2) is 18.2 Å². The molecule has 108 valence electrons. The minimum atomic E-state index is -1.16. The maximum atomic E-state index is 13.5. The molecule has 0 aliphatic carbocycles. The summed E-state index contributed by atoms with van der Waals surface area (Å²) in [7, 11) is 0. The Morgan fingerprint density at radius 1 is 1.11 bits per heavy atom. The molecule has 2 unspecified atom stereocenters. The number of aliphatic hydroxyl groups is 1. The average Bonchev–Trinajstić information content (AvgIpc) is 2.33. The molecule has 2 N–H and O–H groups in total. The van der Waals surface area contributed by atoms with E-state index in [4.69, 9.17) is 0 Å².